The number of hydrogen-bond donors (Lipinski definition) is 0. The molecule has 166 valence electrons. The van der Waals surface area contributed by atoms with Gasteiger partial charge in [-0.15, -0.1) is 0 Å². The van der Waals surface area contributed by atoms with Crippen molar-refractivity contribution in [2.24, 2.45) is 5.92 Å². The van der Waals surface area contributed by atoms with Gasteiger partial charge in [-0.3, -0.25) is 8.61 Å². The van der Waals surface area contributed by atoms with Crippen LogP contribution in [-0.2, 0) is 10.2 Å². The van der Waals surface area contributed by atoms with E-state index in [1.165, 1.54) is 17.8 Å². The molecule has 1 saturated heterocycles. The Balaban J connectivity index is 1.50. The maximum atomic E-state index is 13.4. The van der Waals surface area contributed by atoms with Crippen molar-refractivity contribution >= 4 is 27.4 Å². The van der Waals surface area contributed by atoms with Crippen LogP contribution in [0.3, 0.4) is 0 Å². The molecule has 3 heterocycles. The molecule has 3 aliphatic rings. The normalized spacial score (nSPS) is 23.7. The van der Waals surface area contributed by atoms with Crippen molar-refractivity contribution in [2.45, 2.75) is 38.5 Å². The minimum absolute atomic E-state index is 0.201. The lowest BCUT2D eigenvalue weighted by molar-refractivity contribution is 0.101. The molecule has 31 heavy (non-hydrogen) atoms. The van der Waals surface area contributed by atoms with Crippen LogP contribution in [0.1, 0.15) is 31.2 Å². The van der Waals surface area contributed by atoms with Crippen molar-refractivity contribution in [2.75, 3.05) is 40.2 Å². The first-order valence-corrected chi connectivity index (χ1v) is 12.1. The average molecular weight is 449 g/mol. The van der Waals surface area contributed by atoms with Gasteiger partial charge in [0.1, 0.15) is 5.82 Å². The number of rotatable bonds is 4. The van der Waals surface area contributed by atoms with Gasteiger partial charge in [0.15, 0.2) is 0 Å². The Morgan fingerprint density at radius 1 is 1.10 bits per heavy atom. The number of pyridine rings is 1. The fourth-order valence-electron chi connectivity index (χ4n) is 4.50. The van der Waals surface area contributed by atoms with E-state index in [9.17, 15) is 17.2 Å². The van der Waals surface area contributed by atoms with E-state index in [-0.39, 0.29) is 13.0 Å². The second kappa shape index (κ2) is 7.05. The molecule has 1 aromatic heterocycles. The Morgan fingerprint density at radius 3 is 2.48 bits per heavy atom. The number of aromatic nitrogens is 1. The number of nitrogens with zero attached hydrogens (tertiary/aromatic N) is 4. The number of fused-ring (bicyclic) bond motifs is 1. The smallest absolute Gasteiger partial charge is 0.326 e. The number of benzene rings is 1. The van der Waals surface area contributed by atoms with Crippen molar-refractivity contribution in [3.05, 3.63) is 35.9 Å². The number of aryl methyl sites for hydroxylation is 1. The Kier molecular flexibility index (Phi) is 4.66. The predicted molar refractivity (Wildman–Crippen MR) is 118 cm³/mol. The maximum Gasteiger partial charge on any atom is 0.326 e. The zero-order chi connectivity index (χ0) is 22.0. The summed E-state index contributed by atoms with van der Waals surface area (Å²) in [5, 5.41) is 0. The minimum atomic E-state index is -3.86. The number of hydrogen-bond acceptors (Lipinski definition) is 4. The van der Waals surface area contributed by atoms with Gasteiger partial charge in [0.2, 0.25) is 0 Å². The molecular formula is C22H26F2N4O2S. The van der Waals surface area contributed by atoms with Gasteiger partial charge in [-0.25, -0.2) is 13.8 Å². The predicted octanol–water partition coefficient (Wildman–Crippen LogP) is 4.20. The van der Waals surface area contributed by atoms with E-state index in [0.29, 0.717) is 11.4 Å². The highest BCUT2D eigenvalue weighted by Gasteiger charge is 2.59. The van der Waals surface area contributed by atoms with Gasteiger partial charge >= 0.3 is 10.2 Å². The minimum Gasteiger partial charge on any atom is -0.357 e. The molecule has 0 radical (unpaired) electrons. The van der Waals surface area contributed by atoms with E-state index in [0.717, 1.165) is 52.9 Å². The average Bonchev–Trinajstić information content (AvgIpc) is 3.32. The molecule has 1 atom stereocenters. The van der Waals surface area contributed by atoms with Crippen LogP contribution in [-0.4, -0.2) is 46.0 Å². The van der Waals surface area contributed by atoms with Crippen molar-refractivity contribution < 1.29 is 17.2 Å². The fourth-order valence-corrected chi connectivity index (χ4v) is 5.96. The lowest BCUT2D eigenvalue weighted by atomic mass is 10.0. The molecule has 6 nitrogen and oxygen atoms in total. The first-order valence-electron chi connectivity index (χ1n) is 10.7. The van der Waals surface area contributed by atoms with E-state index in [4.69, 9.17) is 4.98 Å². The molecule has 1 aliphatic carbocycles. The van der Waals surface area contributed by atoms with Gasteiger partial charge in [0.25, 0.3) is 5.92 Å². The summed E-state index contributed by atoms with van der Waals surface area (Å²) in [5.74, 6) is -2.77. The lowest BCUT2D eigenvalue weighted by Gasteiger charge is -2.28. The number of anilines is 3. The summed E-state index contributed by atoms with van der Waals surface area (Å²) in [6, 6.07) is 9.42. The van der Waals surface area contributed by atoms with Gasteiger partial charge in [-0.2, -0.15) is 8.42 Å². The lowest BCUT2D eigenvalue weighted by Crippen LogP contribution is -2.37. The van der Waals surface area contributed by atoms with Crippen molar-refractivity contribution in [1.29, 1.82) is 0 Å². The quantitative estimate of drug-likeness (QED) is 0.703. The first kappa shape index (κ1) is 20.5. The summed E-state index contributed by atoms with van der Waals surface area (Å²) >= 11 is 0. The number of piperidine rings is 1. The molecule has 1 aromatic carbocycles. The van der Waals surface area contributed by atoms with Crippen molar-refractivity contribution in [3.8, 4) is 11.3 Å². The van der Waals surface area contributed by atoms with Crippen LogP contribution in [0.4, 0.5) is 26.0 Å². The summed E-state index contributed by atoms with van der Waals surface area (Å²) in [7, 11) is -2.39. The molecule has 9 heteroatoms. The molecule has 2 aromatic rings. The molecule has 0 N–H and O–H groups in total. The highest BCUT2D eigenvalue weighted by atomic mass is 32.2. The van der Waals surface area contributed by atoms with Crippen LogP contribution in [0.15, 0.2) is 30.3 Å². The third-order valence-electron chi connectivity index (χ3n) is 6.59. The van der Waals surface area contributed by atoms with Gasteiger partial charge in [0.05, 0.1) is 17.1 Å². The second-order valence-corrected chi connectivity index (χ2v) is 10.6. The molecule has 0 amide bonds. The number of halogens is 2. The molecule has 5 rings (SSSR count). The van der Waals surface area contributed by atoms with Crippen molar-refractivity contribution in [3.63, 3.8) is 0 Å². The third-order valence-corrected chi connectivity index (χ3v) is 8.38. The maximum absolute atomic E-state index is 13.4. The van der Waals surface area contributed by atoms with E-state index in [1.807, 2.05) is 25.1 Å². The van der Waals surface area contributed by atoms with Crippen LogP contribution < -0.4 is 13.5 Å². The van der Waals surface area contributed by atoms with Crippen LogP contribution in [0.5, 0.6) is 0 Å². The molecular weight excluding hydrogens is 422 g/mol. The van der Waals surface area contributed by atoms with Crippen molar-refractivity contribution in [1.82, 2.24) is 4.98 Å². The highest BCUT2D eigenvalue weighted by Crippen LogP contribution is 2.51. The van der Waals surface area contributed by atoms with Crippen LogP contribution in [0, 0.1) is 12.8 Å². The molecule has 2 aliphatic heterocycles. The summed E-state index contributed by atoms with van der Waals surface area (Å²) < 4.78 is 55.0. The van der Waals surface area contributed by atoms with E-state index < -0.39 is 22.0 Å². The summed E-state index contributed by atoms with van der Waals surface area (Å²) in [6.45, 7) is 3.76. The Morgan fingerprint density at radius 2 is 1.81 bits per heavy atom. The molecule has 2 fully saturated rings. The fraction of sp³-hybridized carbons (Fsp3) is 0.500. The van der Waals surface area contributed by atoms with Gasteiger partial charge in [-0.1, -0.05) is 12.1 Å². The summed E-state index contributed by atoms with van der Waals surface area (Å²) in [4.78, 5) is 7.18. The first-order chi connectivity index (χ1) is 14.7. The van der Waals surface area contributed by atoms with E-state index >= 15 is 0 Å². The largest absolute Gasteiger partial charge is 0.357 e. The standard InChI is InChI=1S/C22H26F2N4O2S/c1-15-6-9-20(27-10-4-3-5-11-27)25-21(15)16-7-8-18-19(12-16)26(2)31(29,30)28(18)14-17-13-22(17,23)24/h6-9,12,17H,3-5,10-11,13-14H2,1-2H3. The molecule has 1 saturated carbocycles. The second-order valence-electron chi connectivity index (χ2n) is 8.75. The Labute approximate surface area is 181 Å². The number of alkyl halides is 2. The SMILES string of the molecule is Cc1ccc(N2CCCCC2)nc1-c1ccc2c(c1)N(C)S(=O)(=O)N2CC1CC1(F)F. The molecule has 0 spiro atoms. The zero-order valence-electron chi connectivity index (χ0n) is 17.7. The van der Waals surface area contributed by atoms with Gasteiger partial charge < -0.3 is 4.90 Å². The Bertz CT molecular complexity index is 1130. The molecule has 0 bridgehead atoms. The zero-order valence-corrected chi connectivity index (χ0v) is 18.5. The van der Waals surface area contributed by atoms with Crippen LogP contribution in [0.2, 0.25) is 0 Å². The topological polar surface area (TPSA) is 56.8 Å². The van der Waals surface area contributed by atoms with Gasteiger partial charge in [0, 0.05) is 44.6 Å². The van der Waals surface area contributed by atoms with Crippen LogP contribution >= 0.6 is 0 Å². The molecule has 1 unspecified atom stereocenters. The van der Waals surface area contributed by atoms with Crippen LogP contribution in [0.25, 0.3) is 11.3 Å². The highest BCUT2D eigenvalue weighted by molar-refractivity contribution is 7.94. The monoisotopic (exact) mass is 448 g/mol. The Hall–Kier alpha value is -2.42. The van der Waals surface area contributed by atoms with E-state index in [2.05, 4.69) is 4.90 Å². The summed E-state index contributed by atoms with van der Waals surface area (Å²) in [5.41, 5.74) is 3.56. The van der Waals surface area contributed by atoms with E-state index in [1.54, 1.807) is 12.1 Å². The summed E-state index contributed by atoms with van der Waals surface area (Å²) in [6.07, 6.45) is 3.29. The third kappa shape index (κ3) is 3.43. The van der Waals surface area contributed by atoms with Gasteiger partial charge in [-0.05, 0) is 49.9 Å².